The molecule has 37 heavy (non-hydrogen) atoms. The lowest BCUT2D eigenvalue weighted by Crippen LogP contribution is -2.27. The lowest BCUT2D eigenvalue weighted by molar-refractivity contribution is -0.141. The van der Waals surface area contributed by atoms with Crippen LogP contribution < -0.4 is 4.74 Å². The number of benzene rings is 2. The van der Waals surface area contributed by atoms with Crippen LogP contribution in [-0.2, 0) is 14.9 Å². The molecule has 4 nitrogen and oxygen atoms in total. The third-order valence-electron chi connectivity index (χ3n) is 8.34. The van der Waals surface area contributed by atoms with E-state index in [1.165, 1.54) is 22.3 Å². The smallest absolute Gasteiger partial charge is 0.163 e. The summed E-state index contributed by atoms with van der Waals surface area (Å²) in [6.07, 6.45) is 5.42. The lowest BCUT2D eigenvalue weighted by Gasteiger charge is -2.34. The summed E-state index contributed by atoms with van der Waals surface area (Å²) in [7, 11) is 0. The number of ether oxygens (including phenoxy) is 3. The number of aryl methyl sites for hydroxylation is 2. The molecule has 1 N–H and O–H groups in total. The van der Waals surface area contributed by atoms with Crippen molar-refractivity contribution in [3.63, 3.8) is 0 Å². The van der Waals surface area contributed by atoms with Gasteiger partial charge in [-0.25, -0.2) is 0 Å². The third kappa shape index (κ3) is 6.47. The number of hydrogen-bond donors (Lipinski definition) is 1. The molecule has 1 atom stereocenters. The molecule has 0 unspecified atom stereocenters. The van der Waals surface area contributed by atoms with Crippen molar-refractivity contribution in [1.29, 1.82) is 0 Å². The van der Waals surface area contributed by atoms with Gasteiger partial charge in [0.1, 0.15) is 18.5 Å². The predicted molar refractivity (Wildman–Crippen MR) is 153 cm³/mol. The van der Waals surface area contributed by atoms with Crippen molar-refractivity contribution < 1.29 is 19.3 Å². The Balaban J connectivity index is 1.88. The molecule has 0 saturated carbocycles. The molecule has 4 heteroatoms. The normalized spacial score (nSPS) is 18.3. The minimum absolute atomic E-state index is 0.0518. The highest BCUT2D eigenvalue weighted by Crippen LogP contribution is 2.41. The number of allylic oxidation sites excluding steroid dienone is 1. The van der Waals surface area contributed by atoms with Crippen molar-refractivity contribution in [2.24, 2.45) is 0 Å². The molecule has 0 amide bonds. The van der Waals surface area contributed by atoms with Crippen LogP contribution in [0, 0.1) is 13.8 Å². The van der Waals surface area contributed by atoms with Crippen molar-refractivity contribution in [1.82, 2.24) is 0 Å². The Morgan fingerprint density at radius 3 is 2.05 bits per heavy atom. The Morgan fingerprint density at radius 1 is 0.973 bits per heavy atom. The summed E-state index contributed by atoms with van der Waals surface area (Å²) in [5, 5.41) is 10.8. The van der Waals surface area contributed by atoms with E-state index in [0.29, 0.717) is 26.1 Å². The number of rotatable bonds is 11. The average Bonchev–Trinajstić information content (AvgIpc) is 3.22. The molecule has 1 aliphatic rings. The molecule has 0 radical (unpaired) electrons. The van der Waals surface area contributed by atoms with E-state index in [-0.39, 0.29) is 11.5 Å². The van der Waals surface area contributed by atoms with Crippen molar-refractivity contribution in [2.45, 2.75) is 111 Å². The van der Waals surface area contributed by atoms with Crippen LogP contribution in [0.4, 0.5) is 0 Å². The maximum Gasteiger partial charge on any atom is 0.163 e. The lowest BCUT2D eigenvalue weighted by atomic mass is 9.69. The summed E-state index contributed by atoms with van der Waals surface area (Å²) in [5.41, 5.74) is 6.52. The van der Waals surface area contributed by atoms with Gasteiger partial charge in [-0.3, -0.25) is 0 Å². The second kappa shape index (κ2) is 11.7. The van der Waals surface area contributed by atoms with E-state index < -0.39 is 11.4 Å². The van der Waals surface area contributed by atoms with Crippen LogP contribution in [0.1, 0.15) is 102 Å². The highest BCUT2D eigenvalue weighted by molar-refractivity contribution is 5.68. The van der Waals surface area contributed by atoms with Crippen LogP contribution in [0.3, 0.4) is 0 Å². The Hall–Kier alpha value is -2.14. The van der Waals surface area contributed by atoms with Gasteiger partial charge in [0, 0.05) is 5.41 Å². The van der Waals surface area contributed by atoms with Gasteiger partial charge in [-0.15, -0.1) is 0 Å². The molecule has 2 aromatic carbocycles. The zero-order chi connectivity index (χ0) is 27.4. The van der Waals surface area contributed by atoms with Gasteiger partial charge in [0.25, 0.3) is 0 Å². The van der Waals surface area contributed by atoms with Gasteiger partial charge in [0.15, 0.2) is 5.79 Å². The summed E-state index contributed by atoms with van der Waals surface area (Å²) in [5.74, 6) is 0.356. The second-order valence-electron chi connectivity index (χ2n) is 11.2. The molecule has 0 aromatic heterocycles. The molecule has 1 saturated heterocycles. The quantitative estimate of drug-likeness (QED) is 0.335. The first-order chi connectivity index (χ1) is 17.4. The van der Waals surface area contributed by atoms with E-state index in [4.69, 9.17) is 14.2 Å². The van der Waals surface area contributed by atoms with E-state index in [1.807, 2.05) is 33.8 Å². The topological polar surface area (TPSA) is 47.9 Å². The Bertz CT molecular complexity index is 1090. The molecule has 1 aliphatic heterocycles. The Morgan fingerprint density at radius 2 is 1.57 bits per heavy atom. The van der Waals surface area contributed by atoms with Crippen LogP contribution in [0.25, 0.3) is 5.57 Å². The second-order valence-corrected chi connectivity index (χ2v) is 11.2. The van der Waals surface area contributed by atoms with E-state index in [0.717, 1.165) is 29.7 Å². The maximum absolute atomic E-state index is 10.8. The molecule has 204 valence electrons. The summed E-state index contributed by atoms with van der Waals surface area (Å²) in [4.78, 5) is 0. The molecule has 1 fully saturated rings. The van der Waals surface area contributed by atoms with Crippen LogP contribution in [0.2, 0.25) is 0 Å². The summed E-state index contributed by atoms with van der Waals surface area (Å²) in [6.45, 7) is 19.9. The van der Waals surface area contributed by atoms with Crippen molar-refractivity contribution in [2.75, 3.05) is 13.2 Å². The molecular formula is C33H48O4. The van der Waals surface area contributed by atoms with Crippen molar-refractivity contribution in [3.8, 4) is 5.75 Å². The molecular weight excluding hydrogens is 460 g/mol. The average molecular weight is 509 g/mol. The van der Waals surface area contributed by atoms with Gasteiger partial charge in [0.2, 0.25) is 0 Å². The monoisotopic (exact) mass is 508 g/mol. The highest BCUT2D eigenvalue weighted by Gasteiger charge is 2.34. The minimum Gasteiger partial charge on any atom is -0.491 e. The summed E-state index contributed by atoms with van der Waals surface area (Å²) in [6, 6.07) is 13.5. The first-order valence-corrected chi connectivity index (χ1v) is 14.0. The van der Waals surface area contributed by atoms with Gasteiger partial charge in [-0.1, -0.05) is 58.0 Å². The van der Waals surface area contributed by atoms with Crippen LogP contribution in [-0.4, -0.2) is 35.8 Å². The Kier molecular flexibility index (Phi) is 9.32. The van der Waals surface area contributed by atoms with Gasteiger partial charge < -0.3 is 19.3 Å². The van der Waals surface area contributed by atoms with Crippen molar-refractivity contribution >= 4 is 5.57 Å². The summed E-state index contributed by atoms with van der Waals surface area (Å²) < 4.78 is 17.7. The largest absolute Gasteiger partial charge is 0.491 e. The number of hydrogen-bond acceptors (Lipinski definition) is 4. The standard InChI is InChI=1S/C33H48O4/c1-10-32(34,11-2)20-25(7)29-16-14-26(18-23(29)5)33(12-3,13-4)27-15-17-30(24(6)19-27)35-21-28-22-36-31(8,9)37-28/h14-20,28,34H,10-13,21-22H2,1-9H3/b25-20-/t28-/m1/s1. The Labute approximate surface area is 225 Å². The highest BCUT2D eigenvalue weighted by atomic mass is 16.7. The van der Waals surface area contributed by atoms with E-state index in [9.17, 15) is 5.11 Å². The minimum atomic E-state index is -0.750. The van der Waals surface area contributed by atoms with Crippen LogP contribution >= 0.6 is 0 Å². The maximum atomic E-state index is 10.8. The van der Waals surface area contributed by atoms with Gasteiger partial charge in [-0.2, -0.15) is 0 Å². The fourth-order valence-electron chi connectivity index (χ4n) is 5.71. The molecule has 2 aromatic rings. The zero-order valence-electron chi connectivity index (χ0n) is 24.5. The zero-order valence-corrected chi connectivity index (χ0v) is 24.5. The third-order valence-corrected chi connectivity index (χ3v) is 8.34. The SMILES string of the molecule is CCC(O)(/C=C(/C)c1ccc(C(CC)(CC)c2ccc(OC[C@@H]3COC(C)(C)O3)c(C)c2)cc1C)CC. The molecule has 3 rings (SSSR count). The molecule has 0 aliphatic carbocycles. The molecule has 1 heterocycles. The van der Waals surface area contributed by atoms with E-state index in [1.54, 1.807) is 0 Å². The van der Waals surface area contributed by atoms with Crippen LogP contribution in [0.5, 0.6) is 5.75 Å². The van der Waals surface area contributed by atoms with Crippen LogP contribution in [0.15, 0.2) is 42.5 Å². The number of aliphatic hydroxyl groups is 1. The fourth-order valence-corrected chi connectivity index (χ4v) is 5.71. The van der Waals surface area contributed by atoms with Gasteiger partial charge >= 0.3 is 0 Å². The molecule has 0 spiro atoms. The van der Waals surface area contributed by atoms with E-state index >= 15 is 0 Å². The van der Waals surface area contributed by atoms with Crippen molar-refractivity contribution in [3.05, 3.63) is 70.3 Å². The first kappa shape index (κ1) is 29.4. The molecule has 0 bridgehead atoms. The first-order valence-electron chi connectivity index (χ1n) is 14.0. The van der Waals surface area contributed by atoms with E-state index in [2.05, 4.69) is 71.0 Å². The predicted octanol–water partition coefficient (Wildman–Crippen LogP) is 7.89. The van der Waals surface area contributed by atoms with Gasteiger partial charge in [0.05, 0.1) is 12.2 Å². The summed E-state index contributed by atoms with van der Waals surface area (Å²) >= 11 is 0. The van der Waals surface area contributed by atoms with Gasteiger partial charge in [-0.05, 0) is 106 Å². The fraction of sp³-hybridized carbons (Fsp3) is 0.576.